The van der Waals surface area contributed by atoms with Crippen LogP contribution in [-0.4, -0.2) is 35.0 Å². The fraction of sp³-hybridized carbons (Fsp3) is 0.429. The van der Waals surface area contributed by atoms with Crippen LogP contribution in [0.5, 0.6) is 0 Å². The number of carboxylic acids is 1. The predicted octanol–water partition coefficient (Wildman–Crippen LogP) is 2.18. The molecule has 0 saturated carbocycles. The van der Waals surface area contributed by atoms with E-state index in [0.29, 0.717) is 13.0 Å². The highest BCUT2D eigenvalue weighted by Crippen LogP contribution is 2.29. The summed E-state index contributed by atoms with van der Waals surface area (Å²) < 4.78 is 37.8. The number of halogens is 3. The molecule has 1 fully saturated rings. The minimum atomic E-state index is -4.44. The molecular formula is C14H14F3NO3. The van der Waals surface area contributed by atoms with E-state index >= 15 is 0 Å². The highest BCUT2D eigenvalue weighted by Gasteiger charge is 2.32. The molecule has 1 aromatic carbocycles. The number of benzene rings is 1. The number of aliphatic carboxylic acids is 1. The van der Waals surface area contributed by atoms with Crippen LogP contribution in [0.2, 0.25) is 0 Å². The molecule has 0 aliphatic carbocycles. The van der Waals surface area contributed by atoms with Crippen molar-refractivity contribution < 1.29 is 27.9 Å². The molecule has 1 heterocycles. The average Bonchev–Trinajstić information content (AvgIpc) is 2.88. The fourth-order valence-corrected chi connectivity index (χ4v) is 2.33. The van der Waals surface area contributed by atoms with Crippen LogP contribution < -0.4 is 0 Å². The number of amides is 1. The molecule has 0 unspecified atom stereocenters. The summed E-state index contributed by atoms with van der Waals surface area (Å²) in [5.74, 6) is -1.89. The lowest BCUT2D eigenvalue weighted by molar-refractivity contribution is -0.141. The predicted molar refractivity (Wildman–Crippen MR) is 67.5 cm³/mol. The van der Waals surface area contributed by atoms with E-state index in [4.69, 9.17) is 5.11 Å². The Morgan fingerprint density at radius 1 is 1.33 bits per heavy atom. The lowest BCUT2D eigenvalue weighted by Gasteiger charge is -2.16. The normalized spacial score (nSPS) is 18.8. The first-order chi connectivity index (χ1) is 9.77. The molecule has 1 saturated heterocycles. The Morgan fingerprint density at radius 3 is 2.62 bits per heavy atom. The van der Waals surface area contributed by atoms with Crippen LogP contribution in [0, 0.1) is 5.92 Å². The Bertz CT molecular complexity index is 557. The van der Waals surface area contributed by atoms with Crippen molar-refractivity contribution in [2.75, 3.05) is 13.1 Å². The second-order valence-electron chi connectivity index (χ2n) is 5.04. The maximum atomic E-state index is 12.6. The smallest absolute Gasteiger partial charge is 0.416 e. The number of carboxylic acid groups (broad SMARTS) is 1. The summed E-state index contributed by atoms with van der Waals surface area (Å²) in [5, 5.41) is 8.87. The van der Waals surface area contributed by atoms with Crippen molar-refractivity contribution in [2.45, 2.75) is 19.0 Å². The Morgan fingerprint density at radius 2 is 2.05 bits per heavy atom. The van der Waals surface area contributed by atoms with Crippen molar-refractivity contribution in [1.82, 2.24) is 4.90 Å². The Hall–Kier alpha value is -2.05. The number of hydrogen-bond donors (Lipinski definition) is 1. The molecule has 0 aromatic heterocycles. The number of likely N-dealkylation sites (tertiary alicyclic amines) is 1. The van der Waals surface area contributed by atoms with Gasteiger partial charge in [0.15, 0.2) is 0 Å². The lowest BCUT2D eigenvalue weighted by atomic mass is 10.1. The van der Waals surface area contributed by atoms with Gasteiger partial charge < -0.3 is 10.0 Å². The van der Waals surface area contributed by atoms with Crippen LogP contribution in [0.1, 0.15) is 17.5 Å². The molecule has 7 heteroatoms. The van der Waals surface area contributed by atoms with E-state index in [1.807, 2.05) is 0 Å². The zero-order valence-electron chi connectivity index (χ0n) is 11.1. The van der Waals surface area contributed by atoms with Crippen LogP contribution >= 0.6 is 0 Å². The molecule has 1 amide bonds. The first-order valence-corrected chi connectivity index (χ1v) is 6.44. The summed E-state index contributed by atoms with van der Waals surface area (Å²) in [6.45, 7) is 0.446. The van der Waals surface area contributed by atoms with Gasteiger partial charge in [0.2, 0.25) is 5.91 Å². The third-order valence-corrected chi connectivity index (χ3v) is 3.50. The van der Waals surface area contributed by atoms with Gasteiger partial charge in [-0.1, -0.05) is 18.2 Å². The van der Waals surface area contributed by atoms with Gasteiger partial charge in [0.1, 0.15) is 0 Å². The first-order valence-electron chi connectivity index (χ1n) is 6.44. The molecule has 1 N–H and O–H groups in total. The van der Waals surface area contributed by atoms with Gasteiger partial charge in [-0.15, -0.1) is 0 Å². The van der Waals surface area contributed by atoms with E-state index in [9.17, 15) is 22.8 Å². The van der Waals surface area contributed by atoms with Crippen molar-refractivity contribution in [2.24, 2.45) is 5.92 Å². The molecule has 1 aliphatic heterocycles. The van der Waals surface area contributed by atoms with Gasteiger partial charge >= 0.3 is 12.1 Å². The number of carbonyl (C=O) groups excluding carboxylic acids is 1. The Balaban J connectivity index is 2.02. The minimum absolute atomic E-state index is 0.118. The molecule has 1 aliphatic rings. The van der Waals surface area contributed by atoms with E-state index < -0.39 is 23.6 Å². The minimum Gasteiger partial charge on any atom is -0.481 e. The van der Waals surface area contributed by atoms with Crippen molar-refractivity contribution in [1.29, 1.82) is 0 Å². The molecule has 4 nitrogen and oxygen atoms in total. The lowest BCUT2D eigenvalue weighted by Crippen LogP contribution is -2.31. The maximum absolute atomic E-state index is 12.6. The van der Waals surface area contributed by atoms with Crippen molar-refractivity contribution in [3.8, 4) is 0 Å². The zero-order chi connectivity index (χ0) is 15.6. The van der Waals surface area contributed by atoms with E-state index in [1.54, 1.807) is 0 Å². The van der Waals surface area contributed by atoms with Crippen LogP contribution in [0.25, 0.3) is 0 Å². The molecule has 2 rings (SSSR count). The van der Waals surface area contributed by atoms with Crippen LogP contribution in [0.4, 0.5) is 13.2 Å². The third-order valence-electron chi connectivity index (χ3n) is 3.50. The molecule has 1 atom stereocenters. The molecular weight excluding hydrogens is 287 g/mol. The van der Waals surface area contributed by atoms with Crippen LogP contribution in [0.15, 0.2) is 24.3 Å². The Kier molecular flexibility index (Phi) is 4.20. The summed E-state index contributed by atoms with van der Waals surface area (Å²) in [5.41, 5.74) is -0.522. The SMILES string of the molecule is O=C(O)[C@@H]1CCN(C(=O)Cc2cccc(C(F)(F)F)c2)C1. The van der Waals surface area contributed by atoms with E-state index in [1.165, 1.54) is 17.0 Å². The number of rotatable bonds is 3. The fourth-order valence-electron chi connectivity index (χ4n) is 2.33. The van der Waals surface area contributed by atoms with E-state index in [2.05, 4.69) is 0 Å². The van der Waals surface area contributed by atoms with Gasteiger partial charge in [0.25, 0.3) is 0 Å². The van der Waals surface area contributed by atoms with Gasteiger partial charge in [-0.05, 0) is 18.1 Å². The standard InChI is InChI=1S/C14H14F3NO3/c15-14(16,17)11-3-1-2-9(6-11)7-12(19)18-5-4-10(8-18)13(20)21/h1-3,6,10H,4-5,7-8H2,(H,20,21)/t10-/m1/s1. The van der Waals surface area contributed by atoms with E-state index in [-0.39, 0.29) is 24.4 Å². The monoisotopic (exact) mass is 301 g/mol. The molecule has 0 spiro atoms. The van der Waals surface area contributed by atoms with Crippen molar-refractivity contribution in [3.05, 3.63) is 35.4 Å². The summed E-state index contributed by atoms with van der Waals surface area (Å²) in [4.78, 5) is 24.2. The summed E-state index contributed by atoms with van der Waals surface area (Å²) >= 11 is 0. The maximum Gasteiger partial charge on any atom is 0.416 e. The molecule has 1 aromatic rings. The molecule has 0 bridgehead atoms. The van der Waals surface area contributed by atoms with Crippen molar-refractivity contribution in [3.63, 3.8) is 0 Å². The average molecular weight is 301 g/mol. The summed E-state index contributed by atoms with van der Waals surface area (Å²) in [7, 11) is 0. The van der Waals surface area contributed by atoms with Crippen molar-refractivity contribution >= 4 is 11.9 Å². The second-order valence-corrected chi connectivity index (χ2v) is 5.04. The van der Waals surface area contributed by atoms with Gasteiger partial charge in [0, 0.05) is 13.1 Å². The number of alkyl halides is 3. The van der Waals surface area contributed by atoms with Gasteiger partial charge in [0.05, 0.1) is 17.9 Å². The molecule has 0 radical (unpaired) electrons. The quantitative estimate of drug-likeness (QED) is 0.931. The number of carbonyl (C=O) groups is 2. The molecule has 21 heavy (non-hydrogen) atoms. The Labute approximate surface area is 119 Å². The topological polar surface area (TPSA) is 57.6 Å². The highest BCUT2D eigenvalue weighted by atomic mass is 19.4. The third kappa shape index (κ3) is 3.74. The van der Waals surface area contributed by atoms with Gasteiger partial charge in [-0.25, -0.2) is 0 Å². The second kappa shape index (κ2) is 5.75. The highest BCUT2D eigenvalue weighted by molar-refractivity contribution is 5.80. The van der Waals surface area contributed by atoms with Crippen LogP contribution in [-0.2, 0) is 22.2 Å². The zero-order valence-corrected chi connectivity index (χ0v) is 11.1. The molecule has 114 valence electrons. The largest absolute Gasteiger partial charge is 0.481 e. The van der Waals surface area contributed by atoms with Gasteiger partial charge in [-0.3, -0.25) is 9.59 Å². The van der Waals surface area contributed by atoms with Gasteiger partial charge in [-0.2, -0.15) is 13.2 Å². The first kappa shape index (κ1) is 15.3. The number of hydrogen-bond acceptors (Lipinski definition) is 2. The summed E-state index contributed by atoms with van der Waals surface area (Å²) in [6, 6.07) is 4.61. The van der Waals surface area contributed by atoms with Crippen LogP contribution in [0.3, 0.4) is 0 Å². The van der Waals surface area contributed by atoms with E-state index in [0.717, 1.165) is 12.1 Å². The number of nitrogens with zero attached hydrogens (tertiary/aromatic N) is 1. The summed E-state index contributed by atoms with van der Waals surface area (Å²) in [6.07, 6.45) is -4.22.